The molecule has 3 atom stereocenters. The van der Waals surface area contributed by atoms with Gasteiger partial charge in [-0.05, 0) is 25.2 Å². The van der Waals surface area contributed by atoms with Crippen LogP contribution < -0.4 is 5.32 Å². The number of carboxylic acids is 1. The Balaban J connectivity index is 4.59. The summed E-state index contributed by atoms with van der Waals surface area (Å²) in [7, 11) is 1.71. The molecule has 0 aliphatic carbocycles. The van der Waals surface area contributed by atoms with Gasteiger partial charge in [-0.3, -0.25) is 0 Å². The second-order valence-corrected chi connectivity index (χ2v) is 5.74. The molecule has 5 nitrogen and oxygen atoms in total. The molecule has 19 heavy (non-hydrogen) atoms. The fraction of sp³-hybridized carbons (Fsp3) is 0.857. The monoisotopic (exact) mass is 272 g/mol. The smallest absolute Gasteiger partial charge is 0.326 e. The average Bonchev–Trinajstić information content (AvgIpc) is 2.32. The maximum atomic E-state index is 12.1. The van der Waals surface area contributed by atoms with Crippen molar-refractivity contribution in [1.29, 1.82) is 0 Å². The lowest BCUT2D eigenvalue weighted by Crippen LogP contribution is -2.51. The summed E-state index contributed by atoms with van der Waals surface area (Å²) < 4.78 is 0. The standard InChI is InChI=1S/C14H28N2O3/c1-7-10(4)12(13(17)18)15-14(19)16(6)11(5)8-9(2)3/h9-12H,7-8H2,1-6H3,(H,15,19)(H,17,18)/t10-,11?,12-/m0/s1. The number of aliphatic carboxylic acids is 1. The fourth-order valence-electron chi connectivity index (χ4n) is 1.96. The van der Waals surface area contributed by atoms with Crippen LogP contribution in [0.1, 0.15) is 47.5 Å². The maximum Gasteiger partial charge on any atom is 0.326 e. The number of amides is 2. The summed E-state index contributed by atoms with van der Waals surface area (Å²) >= 11 is 0. The number of carbonyl (C=O) groups is 2. The van der Waals surface area contributed by atoms with Crippen molar-refractivity contribution in [1.82, 2.24) is 10.2 Å². The summed E-state index contributed by atoms with van der Waals surface area (Å²) in [6, 6.07) is -1.06. The molecule has 2 N–H and O–H groups in total. The van der Waals surface area contributed by atoms with E-state index in [1.807, 2.05) is 20.8 Å². The minimum Gasteiger partial charge on any atom is -0.480 e. The minimum atomic E-state index is -0.979. The molecule has 0 aromatic carbocycles. The first-order chi connectivity index (χ1) is 8.70. The van der Waals surface area contributed by atoms with Gasteiger partial charge in [-0.1, -0.05) is 34.1 Å². The molecular weight excluding hydrogens is 244 g/mol. The molecule has 1 unspecified atom stereocenters. The van der Waals surface area contributed by atoms with Crippen molar-refractivity contribution in [3.8, 4) is 0 Å². The van der Waals surface area contributed by atoms with E-state index in [9.17, 15) is 9.59 Å². The molecule has 0 aromatic heterocycles. The van der Waals surface area contributed by atoms with Gasteiger partial charge in [0.05, 0.1) is 0 Å². The van der Waals surface area contributed by atoms with Gasteiger partial charge in [-0.25, -0.2) is 9.59 Å². The average molecular weight is 272 g/mol. The van der Waals surface area contributed by atoms with E-state index in [0.29, 0.717) is 12.3 Å². The van der Waals surface area contributed by atoms with Crippen LogP contribution in [0, 0.1) is 11.8 Å². The lowest BCUT2D eigenvalue weighted by molar-refractivity contribution is -0.140. The Labute approximate surface area is 116 Å². The number of nitrogens with one attached hydrogen (secondary N) is 1. The predicted molar refractivity (Wildman–Crippen MR) is 76.1 cm³/mol. The largest absolute Gasteiger partial charge is 0.480 e. The van der Waals surface area contributed by atoms with E-state index in [2.05, 4.69) is 19.2 Å². The predicted octanol–water partition coefficient (Wildman–Crippen LogP) is 2.56. The van der Waals surface area contributed by atoms with Gasteiger partial charge in [0.15, 0.2) is 0 Å². The Bertz CT molecular complexity index is 305. The van der Waals surface area contributed by atoms with Gasteiger partial charge in [-0.2, -0.15) is 0 Å². The van der Waals surface area contributed by atoms with Crippen molar-refractivity contribution in [3.63, 3.8) is 0 Å². The molecule has 0 bridgehead atoms. The summed E-state index contributed by atoms with van der Waals surface area (Å²) in [6.07, 6.45) is 1.60. The Morgan fingerprint density at radius 1 is 1.21 bits per heavy atom. The zero-order chi connectivity index (χ0) is 15.2. The lowest BCUT2D eigenvalue weighted by atomic mass is 9.99. The summed E-state index contributed by atoms with van der Waals surface area (Å²) in [5.41, 5.74) is 0. The highest BCUT2D eigenvalue weighted by atomic mass is 16.4. The molecule has 0 aliphatic rings. The highest BCUT2D eigenvalue weighted by Gasteiger charge is 2.27. The fourth-order valence-corrected chi connectivity index (χ4v) is 1.96. The van der Waals surface area contributed by atoms with Crippen LogP contribution in [0.5, 0.6) is 0 Å². The Kier molecular flexibility index (Phi) is 7.49. The zero-order valence-electron chi connectivity index (χ0n) is 12.9. The molecule has 0 fully saturated rings. The number of hydrogen-bond donors (Lipinski definition) is 2. The molecular formula is C14H28N2O3. The normalized spacial score (nSPS) is 15.7. The summed E-state index contributed by atoms with van der Waals surface area (Å²) in [5.74, 6) is -0.571. The van der Waals surface area contributed by atoms with E-state index in [-0.39, 0.29) is 18.0 Å². The maximum absolute atomic E-state index is 12.1. The summed E-state index contributed by atoms with van der Waals surface area (Å²) in [5, 5.41) is 11.8. The van der Waals surface area contributed by atoms with Crippen LogP contribution in [-0.2, 0) is 4.79 Å². The molecule has 0 heterocycles. The summed E-state index contributed by atoms with van der Waals surface area (Å²) in [6.45, 7) is 9.91. The van der Waals surface area contributed by atoms with Gasteiger partial charge in [0, 0.05) is 13.1 Å². The van der Waals surface area contributed by atoms with Gasteiger partial charge in [-0.15, -0.1) is 0 Å². The molecule has 0 rings (SSSR count). The topological polar surface area (TPSA) is 69.6 Å². The van der Waals surface area contributed by atoms with E-state index in [1.54, 1.807) is 11.9 Å². The molecule has 0 saturated heterocycles. The molecule has 0 radical (unpaired) electrons. The first-order valence-corrected chi connectivity index (χ1v) is 6.96. The molecule has 112 valence electrons. The number of hydrogen-bond acceptors (Lipinski definition) is 2. The van der Waals surface area contributed by atoms with Gasteiger partial charge in [0.2, 0.25) is 0 Å². The molecule has 2 amide bonds. The van der Waals surface area contributed by atoms with Crippen molar-refractivity contribution >= 4 is 12.0 Å². The van der Waals surface area contributed by atoms with Crippen molar-refractivity contribution in [2.75, 3.05) is 7.05 Å². The van der Waals surface area contributed by atoms with Crippen molar-refractivity contribution in [2.24, 2.45) is 11.8 Å². The second kappa shape index (κ2) is 8.02. The minimum absolute atomic E-state index is 0.0877. The molecule has 0 aromatic rings. The van der Waals surface area contributed by atoms with Gasteiger partial charge < -0.3 is 15.3 Å². The van der Waals surface area contributed by atoms with Crippen molar-refractivity contribution in [3.05, 3.63) is 0 Å². The van der Waals surface area contributed by atoms with E-state index in [0.717, 1.165) is 6.42 Å². The van der Waals surface area contributed by atoms with Crippen molar-refractivity contribution in [2.45, 2.75) is 59.5 Å². The van der Waals surface area contributed by atoms with Gasteiger partial charge in [0.1, 0.15) is 6.04 Å². The van der Waals surface area contributed by atoms with E-state index in [4.69, 9.17) is 5.11 Å². The van der Waals surface area contributed by atoms with E-state index < -0.39 is 12.0 Å². The number of rotatable bonds is 7. The van der Waals surface area contributed by atoms with Crippen LogP contribution in [0.25, 0.3) is 0 Å². The molecule has 0 aliphatic heterocycles. The highest BCUT2D eigenvalue weighted by Crippen LogP contribution is 2.12. The first kappa shape index (κ1) is 17.7. The Morgan fingerprint density at radius 2 is 1.74 bits per heavy atom. The third-order valence-electron chi connectivity index (χ3n) is 3.55. The third-order valence-corrected chi connectivity index (χ3v) is 3.55. The van der Waals surface area contributed by atoms with E-state index in [1.165, 1.54) is 0 Å². The van der Waals surface area contributed by atoms with Crippen LogP contribution in [0.2, 0.25) is 0 Å². The van der Waals surface area contributed by atoms with Crippen LogP contribution in [-0.4, -0.2) is 41.1 Å². The lowest BCUT2D eigenvalue weighted by Gasteiger charge is -2.29. The van der Waals surface area contributed by atoms with Crippen LogP contribution >= 0.6 is 0 Å². The van der Waals surface area contributed by atoms with Crippen molar-refractivity contribution < 1.29 is 14.7 Å². The number of nitrogens with zero attached hydrogens (tertiary/aromatic N) is 1. The van der Waals surface area contributed by atoms with Crippen LogP contribution in [0.4, 0.5) is 4.79 Å². The van der Waals surface area contributed by atoms with Crippen LogP contribution in [0.3, 0.4) is 0 Å². The van der Waals surface area contributed by atoms with Gasteiger partial charge in [0.25, 0.3) is 0 Å². The Morgan fingerprint density at radius 3 is 2.11 bits per heavy atom. The number of urea groups is 1. The second-order valence-electron chi connectivity index (χ2n) is 5.74. The molecule has 5 heteroatoms. The SMILES string of the molecule is CC[C@H](C)[C@H](NC(=O)N(C)C(C)CC(C)C)C(=O)O. The molecule has 0 saturated carbocycles. The number of carboxylic acid groups (broad SMARTS) is 1. The Hall–Kier alpha value is -1.26. The van der Waals surface area contributed by atoms with Gasteiger partial charge >= 0.3 is 12.0 Å². The quantitative estimate of drug-likeness (QED) is 0.748. The van der Waals surface area contributed by atoms with Crippen LogP contribution in [0.15, 0.2) is 0 Å². The highest BCUT2D eigenvalue weighted by molar-refractivity contribution is 5.82. The number of carbonyl (C=O) groups excluding carboxylic acids is 1. The van der Waals surface area contributed by atoms with E-state index >= 15 is 0 Å². The molecule has 0 spiro atoms. The third kappa shape index (κ3) is 5.94. The summed E-state index contributed by atoms with van der Waals surface area (Å²) in [4.78, 5) is 24.8. The zero-order valence-corrected chi connectivity index (χ0v) is 12.9. The first-order valence-electron chi connectivity index (χ1n) is 6.96.